The Bertz CT molecular complexity index is 804. The summed E-state index contributed by atoms with van der Waals surface area (Å²) in [6, 6.07) is 12.4. The van der Waals surface area contributed by atoms with Gasteiger partial charge in [-0.1, -0.05) is 35.5 Å². The van der Waals surface area contributed by atoms with Gasteiger partial charge in [-0.05, 0) is 6.07 Å². The summed E-state index contributed by atoms with van der Waals surface area (Å²) >= 11 is 0. The highest BCUT2D eigenvalue weighted by Gasteiger charge is 2.19. The van der Waals surface area contributed by atoms with E-state index in [2.05, 4.69) is 48.3 Å². The Labute approximate surface area is 146 Å². The molecular weight excluding hydrogens is 316 g/mol. The number of benzene rings is 1. The van der Waals surface area contributed by atoms with E-state index >= 15 is 0 Å². The van der Waals surface area contributed by atoms with Crippen LogP contribution in [0.1, 0.15) is 17.4 Å². The summed E-state index contributed by atoms with van der Waals surface area (Å²) in [7, 11) is 0. The molecule has 3 aromatic rings. The van der Waals surface area contributed by atoms with E-state index in [9.17, 15) is 0 Å². The molecule has 0 atom stereocenters. The Morgan fingerprint density at radius 2 is 1.76 bits per heavy atom. The van der Waals surface area contributed by atoms with Gasteiger partial charge >= 0.3 is 0 Å². The molecule has 130 valence electrons. The van der Waals surface area contributed by atoms with Crippen molar-refractivity contribution in [1.29, 1.82) is 0 Å². The number of aromatic nitrogens is 4. The molecule has 4 rings (SSSR count). The van der Waals surface area contributed by atoms with Crippen LogP contribution in [0.5, 0.6) is 0 Å². The van der Waals surface area contributed by atoms with Gasteiger partial charge < -0.3 is 4.52 Å². The Morgan fingerprint density at radius 3 is 2.44 bits per heavy atom. The number of aromatic amines is 1. The fraction of sp³-hybridized carbons (Fsp3) is 0.389. The molecule has 7 nitrogen and oxygen atoms in total. The van der Waals surface area contributed by atoms with Crippen LogP contribution in [-0.4, -0.2) is 56.3 Å². The van der Waals surface area contributed by atoms with Gasteiger partial charge in [0.2, 0.25) is 5.89 Å². The molecule has 25 heavy (non-hydrogen) atoms. The second-order valence-electron chi connectivity index (χ2n) is 6.43. The van der Waals surface area contributed by atoms with Crippen molar-refractivity contribution in [2.45, 2.75) is 20.0 Å². The fourth-order valence-electron chi connectivity index (χ4n) is 3.15. The zero-order valence-corrected chi connectivity index (χ0v) is 14.4. The molecule has 0 bridgehead atoms. The standard InChI is InChI=1S/C18H22N6O/c1-14-19-18(22-25-14)13-24-9-7-23(8-10-24)12-16-11-17(21-20-16)15-5-3-2-4-6-15/h2-6,11H,7-10,12-13H2,1H3,(H,20,21). The molecule has 0 saturated carbocycles. The van der Waals surface area contributed by atoms with Crippen LogP contribution in [0, 0.1) is 6.92 Å². The van der Waals surface area contributed by atoms with Gasteiger partial charge in [0.1, 0.15) is 0 Å². The lowest BCUT2D eigenvalue weighted by Crippen LogP contribution is -2.45. The van der Waals surface area contributed by atoms with Crippen LogP contribution in [0.3, 0.4) is 0 Å². The summed E-state index contributed by atoms with van der Waals surface area (Å²) in [5, 5.41) is 11.6. The maximum atomic E-state index is 5.04. The van der Waals surface area contributed by atoms with Gasteiger partial charge in [-0.25, -0.2) is 0 Å². The minimum atomic E-state index is 0.627. The van der Waals surface area contributed by atoms with Gasteiger partial charge in [0.15, 0.2) is 5.82 Å². The highest BCUT2D eigenvalue weighted by molar-refractivity contribution is 5.58. The van der Waals surface area contributed by atoms with Crippen molar-refractivity contribution >= 4 is 0 Å². The molecule has 1 fully saturated rings. The Kier molecular flexibility index (Phi) is 4.58. The molecule has 0 amide bonds. The first-order valence-corrected chi connectivity index (χ1v) is 8.60. The predicted molar refractivity (Wildman–Crippen MR) is 93.6 cm³/mol. The number of piperazine rings is 1. The van der Waals surface area contributed by atoms with E-state index in [0.717, 1.165) is 62.0 Å². The highest BCUT2D eigenvalue weighted by Crippen LogP contribution is 2.18. The zero-order chi connectivity index (χ0) is 17.1. The van der Waals surface area contributed by atoms with E-state index in [1.54, 1.807) is 0 Å². The second kappa shape index (κ2) is 7.16. The maximum absolute atomic E-state index is 5.04. The van der Waals surface area contributed by atoms with Crippen molar-refractivity contribution in [2.75, 3.05) is 26.2 Å². The molecule has 1 saturated heterocycles. The first-order valence-electron chi connectivity index (χ1n) is 8.60. The van der Waals surface area contributed by atoms with Gasteiger partial charge in [0.25, 0.3) is 0 Å². The van der Waals surface area contributed by atoms with Gasteiger partial charge in [0.05, 0.1) is 12.2 Å². The van der Waals surface area contributed by atoms with Crippen molar-refractivity contribution in [3.05, 3.63) is 53.8 Å². The normalized spacial score (nSPS) is 16.4. The molecule has 0 aliphatic carbocycles. The Hall–Kier alpha value is -2.51. The van der Waals surface area contributed by atoms with Crippen LogP contribution in [0.25, 0.3) is 11.3 Å². The van der Waals surface area contributed by atoms with Gasteiger partial charge in [-0.3, -0.25) is 14.9 Å². The fourth-order valence-corrected chi connectivity index (χ4v) is 3.15. The lowest BCUT2D eigenvalue weighted by molar-refractivity contribution is 0.118. The molecule has 1 N–H and O–H groups in total. The third-order valence-electron chi connectivity index (χ3n) is 4.49. The van der Waals surface area contributed by atoms with Gasteiger partial charge in [-0.2, -0.15) is 10.1 Å². The summed E-state index contributed by atoms with van der Waals surface area (Å²) in [6.45, 7) is 7.54. The molecule has 1 aliphatic rings. The molecule has 0 unspecified atom stereocenters. The Morgan fingerprint density at radius 1 is 1.04 bits per heavy atom. The van der Waals surface area contributed by atoms with Crippen LogP contribution < -0.4 is 0 Å². The largest absolute Gasteiger partial charge is 0.340 e. The molecule has 7 heteroatoms. The minimum Gasteiger partial charge on any atom is -0.340 e. The predicted octanol–water partition coefficient (Wildman–Crippen LogP) is 2.09. The van der Waals surface area contributed by atoms with Crippen LogP contribution in [0.15, 0.2) is 40.9 Å². The van der Waals surface area contributed by atoms with E-state index in [-0.39, 0.29) is 0 Å². The molecule has 0 radical (unpaired) electrons. The summed E-state index contributed by atoms with van der Waals surface area (Å²) in [5.74, 6) is 1.40. The molecule has 1 aliphatic heterocycles. The molecule has 1 aromatic carbocycles. The van der Waals surface area contributed by atoms with E-state index in [0.29, 0.717) is 5.89 Å². The van der Waals surface area contributed by atoms with Crippen molar-refractivity contribution < 1.29 is 4.52 Å². The van der Waals surface area contributed by atoms with Gasteiger partial charge in [0, 0.05) is 50.9 Å². The number of aryl methyl sites for hydroxylation is 1. The van der Waals surface area contributed by atoms with E-state index < -0.39 is 0 Å². The number of nitrogens with one attached hydrogen (secondary N) is 1. The first-order chi connectivity index (χ1) is 12.3. The van der Waals surface area contributed by atoms with Crippen LogP contribution in [-0.2, 0) is 13.1 Å². The average molecular weight is 338 g/mol. The van der Waals surface area contributed by atoms with Crippen molar-refractivity contribution in [3.63, 3.8) is 0 Å². The minimum absolute atomic E-state index is 0.627. The van der Waals surface area contributed by atoms with E-state index in [1.165, 1.54) is 0 Å². The topological polar surface area (TPSA) is 74.1 Å². The number of nitrogens with zero attached hydrogens (tertiary/aromatic N) is 5. The monoisotopic (exact) mass is 338 g/mol. The molecular formula is C18H22N6O. The quantitative estimate of drug-likeness (QED) is 0.768. The molecule has 0 spiro atoms. The second-order valence-corrected chi connectivity index (χ2v) is 6.43. The summed E-state index contributed by atoms with van der Waals surface area (Å²) in [5.41, 5.74) is 3.30. The smallest absolute Gasteiger partial charge is 0.223 e. The number of H-pyrrole nitrogens is 1. The lowest BCUT2D eigenvalue weighted by Gasteiger charge is -2.33. The molecule has 2 aromatic heterocycles. The summed E-state index contributed by atoms with van der Waals surface area (Å²) in [6.07, 6.45) is 0. The van der Waals surface area contributed by atoms with Gasteiger partial charge in [-0.15, -0.1) is 0 Å². The lowest BCUT2D eigenvalue weighted by atomic mass is 10.1. The van der Waals surface area contributed by atoms with Crippen molar-refractivity contribution in [1.82, 2.24) is 30.1 Å². The molecule has 3 heterocycles. The SMILES string of the molecule is Cc1nc(CN2CCN(Cc3cc(-c4ccccc4)n[nH]3)CC2)no1. The van der Waals surface area contributed by atoms with Crippen molar-refractivity contribution in [2.24, 2.45) is 0 Å². The highest BCUT2D eigenvalue weighted by atomic mass is 16.5. The summed E-state index contributed by atoms with van der Waals surface area (Å²) < 4.78 is 5.04. The van der Waals surface area contributed by atoms with E-state index in [1.807, 2.05) is 25.1 Å². The van der Waals surface area contributed by atoms with E-state index in [4.69, 9.17) is 4.52 Å². The van der Waals surface area contributed by atoms with Crippen LogP contribution in [0.2, 0.25) is 0 Å². The third kappa shape index (κ3) is 3.94. The van der Waals surface area contributed by atoms with Crippen LogP contribution in [0.4, 0.5) is 0 Å². The van der Waals surface area contributed by atoms with Crippen molar-refractivity contribution in [3.8, 4) is 11.3 Å². The van der Waals surface area contributed by atoms with Crippen LogP contribution >= 0.6 is 0 Å². The first kappa shape index (κ1) is 16.0. The zero-order valence-electron chi connectivity index (χ0n) is 14.4. The maximum Gasteiger partial charge on any atom is 0.223 e. The Balaban J connectivity index is 1.29. The third-order valence-corrected chi connectivity index (χ3v) is 4.49. The summed E-state index contributed by atoms with van der Waals surface area (Å²) in [4.78, 5) is 9.09. The average Bonchev–Trinajstić information content (AvgIpc) is 3.27. The number of hydrogen-bond donors (Lipinski definition) is 1. The number of hydrogen-bond acceptors (Lipinski definition) is 6. The number of rotatable bonds is 5.